The Morgan fingerprint density at radius 3 is 2.78 bits per heavy atom. The van der Waals surface area contributed by atoms with Gasteiger partial charge in [0, 0.05) is 17.5 Å². The quantitative estimate of drug-likeness (QED) is 0.830. The van der Waals surface area contributed by atoms with Crippen molar-refractivity contribution in [3.05, 3.63) is 21.7 Å². The highest BCUT2D eigenvalue weighted by Gasteiger charge is 2.49. The van der Waals surface area contributed by atoms with Gasteiger partial charge < -0.3 is 15.0 Å². The van der Waals surface area contributed by atoms with Crippen LogP contribution in [-0.2, 0) is 9.31 Å². The van der Waals surface area contributed by atoms with Gasteiger partial charge in [0.1, 0.15) is 15.6 Å². The van der Waals surface area contributed by atoms with Crippen LogP contribution >= 0.6 is 11.3 Å². The van der Waals surface area contributed by atoms with Gasteiger partial charge in [0.25, 0.3) is 0 Å². The van der Waals surface area contributed by atoms with Crippen molar-refractivity contribution in [2.75, 3.05) is 6.61 Å². The number of carbonyl (C=O) groups is 1. The summed E-state index contributed by atoms with van der Waals surface area (Å²) in [6, 6.07) is 4.59. The summed E-state index contributed by atoms with van der Waals surface area (Å²) in [4.78, 5) is 15.4. The fourth-order valence-corrected chi connectivity index (χ4v) is 3.25. The van der Waals surface area contributed by atoms with Crippen molar-refractivity contribution in [2.24, 2.45) is 16.1 Å². The number of hydrogen-bond acceptors (Lipinski definition) is 5. The predicted molar refractivity (Wildman–Crippen MR) is 89.1 cm³/mol. The van der Waals surface area contributed by atoms with E-state index in [1.165, 1.54) is 0 Å². The maximum atomic E-state index is 11.2. The number of hydrogen-bond donors (Lipinski definition) is 1. The molecule has 2 rings (SSSR count). The van der Waals surface area contributed by atoms with Crippen LogP contribution in [0.5, 0.6) is 0 Å². The third-order valence-electron chi connectivity index (χ3n) is 4.51. The summed E-state index contributed by atoms with van der Waals surface area (Å²) in [5.41, 5.74) is 5.27. The molecule has 23 heavy (non-hydrogen) atoms. The van der Waals surface area contributed by atoms with Crippen molar-refractivity contribution in [1.82, 2.24) is 0 Å². The normalized spacial score (nSPS) is 24.3. The summed E-state index contributed by atoms with van der Waals surface area (Å²) in [6.07, 6.45) is 0.821. The second kappa shape index (κ2) is 6.44. The van der Waals surface area contributed by atoms with E-state index in [0.717, 1.165) is 17.8 Å². The fourth-order valence-electron chi connectivity index (χ4n) is 2.44. The summed E-state index contributed by atoms with van der Waals surface area (Å²) in [5, 5.41) is 9.03. The van der Waals surface area contributed by atoms with E-state index in [1.807, 2.05) is 6.07 Å². The number of amides is 2. The SMILES string of the molecule is CCC1(C)OB(c2ccc(C#N)sc2=NC(N)=O)OCC1(C)C. The topological polar surface area (TPSA) is 97.7 Å². The molecule has 1 fully saturated rings. The first-order valence-electron chi connectivity index (χ1n) is 7.40. The molecule has 122 valence electrons. The first kappa shape index (κ1) is 17.7. The standard InChI is InChI=1S/C15H20BN3O3S/c1-5-15(4)14(2,3)9-21-16(22-15)11-7-6-10(8-17)23-12(11)19-13(18)20/h6-7H,5,9H2,1-4H3,(H2,18,20). The average Bonchev–Trinajstić information content (AvgIpc) is 2.49. The molecule has 0 aromatic carbocycles. The van der Waals surface area contributed by atoms with Crippen LogP contribution in [0.4, 0.5) is 4.79 Å². The van der Waals surface area contributed by atoms with E-state index in [0.29, 0.717) is 21.6 Å². The Hall–Kier alpha value is -1.69. The summed E-state index contributed by atoms with van der Waals surface area (Å²) >= 11 is 1.09. The van der Waals surface area contributed by atoms with Gasteiger partial charge >= 0.3 is 13.1 Å². The Morgan fingerprint density at radius 2 is 2.22 bits per heavy atom. The van der Waals surface area contributed by atoms with Crippen LogP contribution in [0.2, 0.25) is 0 Å². The second-order valence-corrected chi connectivity index (χ2v) is 7.38. The molecular formula is C15H20BN3O3S. The van der Waals surface area contributed by atoms with E-state index in [4.69, 9.17) is 20.3 Å². The first-order valence-corrected chi connectivity index (χ1v) is 8.22. The van der Waals surface area contributed by atoms with Gasteiger partial charge in [-0.05, 0) is 19.4 Å². The maximum Gasteiger partial charge on any atom is 0.497 e. The molecule has 1 aromatic rings. The van der Waals surface area contributed by atoms with Gasteiger partial charge in [-0.1, -0.05) is 26.8 Å². The Kier molecular flexibility index (Phi) is 4.94. The van der Waals surface area contributed by atoms with Gasteiger partial charge in [-0.25, -0.2) is 4.79 Å². The van der Waals surface area contributed by atoms with Crippen LogP contribution in [0.1, 0.15) is 39.0 Å². The summed E-state index contributed by atoms with van der Waals surface area (Å²) in [6.45, 7) is 8.84. The van der Waals surface area contributed by atoms with Crippen molar-refractivity contribution in [3.8, 4) is 6.07 Å². The van der Waals surface area contributed by atoms with Crippen molar-refractivity contribution in [3.63, 3.8) is 0 Å². The lowest BCUT2D eigenvalue weighted by molar-refractivity contribution is -0.108. The molecule has 1 saturated heterocycles. The van der Waals surface area contributed by atoms with Gasteiger partial charge in [-0.15, -0.1) is 11.3 Å². The van der Waals surface area contributed by atoms with E-state index in [1.54, 1.807) is 12.1 Å². The molecule has 2 N–H and O–H groups in total. The van der Waals surface area contributed by atoms with Crippen LogP contribution in [-0.4, -0.2) is 25.4 Å². The smallest absolute Gasteiger partial charge is 0.407 e. The molecule has 0 radical (unpaired) electrons. The Labute approximate surface area is 140 Å². The zero-order valence-electron chi connectivity index (χ0n) is 13.8. The number of primary amides is 1. The Balaban J connectivity index is 2.47. The van der Waals surface area contributed by atoms with E-state index in [-0.39, 0.29) is 11.0 Å². The minimum atomic E-state index is -0.813. The molecule has 6 nitrogen and oxygen atoms in total. The van der Waals surface area contributed by atoms with Gasteiger partial charge in [-0.3, -0.25) is 0 Å². The highest BCUT2D eigenvalue weighted by atomic mass is 32.1. The molecular weight excluding hydrogens is 313 g/mol. The van der Waals surface area contributed by atoms with Gasteiger partial charge in [0.05, 0.1) is 5.60 Å². The molecule has 1 atom stereocenters. The third-order valence-corrected chi connectivity index (χ3v) is 5.48. The van der Waals surface area contributed by atoms with E-state index in [9.17, 15) is 4.79 Å². The van der Waals surface area contributed by atoms with Crippen molar-refractivity contribution < 1.29 is 14.1 Å². The van der Waals surface area contributed by atoms with Gasteiger partial charge in [0.15, 0.2) is 0 Å². The van der Waals surface area contributed by atoms with E-state index >= 15 is 0 Å². The van der Waals surface area contributed by atoms with Gasteiger partial charge in [-0.2, -0.15) is 10.3 Å². The zero-order chi connectivity index (χ0) is 17.3. The molecule has 0 aliphatic carbocycles. The van der Waals surface area contributed by atoms with Crippen LogP contribution < -0.4 is 15.9 Å². The molecule has 2 amide bonds. The molecule has 1 unspecified atom stereocenters. The molecule has 8 heteroatoms. The third kappa shape index (κ3) is 3.47. The first-order chi connectivity index (χ1) is 10.7. The predicted octanol–water partition coefficient (Wildman–Crippen LogP) is 1.54. The summed E-state index contributed by atoms with van der Waals surface area (Å²) in [7, 11) is -0.643. The molecule has 1 aliphatic heterocycles. The van der Waals surface area contributed by atoms with Crippen molar-refractivity contribution in [1.29, 1.82) is 5.26 Å². The monoisotopic (exact) mass is 333 g/mol. The fraction of sp³-hybridized carbons (Fsp3) is 0.533. The minimum Gasteiger partial charge on any atom is -0.407 e. The average molecular weight is 333 g/mol. The summed E-state index contributed by atoms with van der Waals surface area (Å²) in [5.74, 6) is 0. The molecule has 1 aliphatic rings. The molecule has 0 bridgehead atoms. The van der Waals surface area contributed by atoms with Crippen LogP contribution in [0, 0.1) is 16.7 Å². The largest absolute Gasteiger partial charge is 0.497 e. The molecule has 0 saturated carbocycles. The molecule has 1 aromatic heterocycles. The number of nitrogens with zero attached hydrogens (tertiary/aromatic N) is 2. The van der Waals surface area contributed by atoms with Crippen LogP contribution in [0.3, 0.4) is 0 Å². The van der Waals surface area contributed by atoms with Crippen LogP contribution in [0.25, 0.3) is 0 Å². The number of urea groups is 1. The number of carbonyl (C=O) groups excluding carboxylic acids is 1. The lowest BCUT2D eigenvalue weighted by Crippen LogP contribution is -2.61. The minimum absolute atomic E-state index is 0.144. The molecule has 2 heterocycles. The van der Waals surface area contributed by atoms with E-state index < -0.39 is 13.1 Å². The van der Waals surface area contributed by atoms with Crippen molar-refractivity contribution >= 4 is 29.9 Å². The highest BCUT2D eigenvalue weighted by Crippen LogP contribution is 2.40. The van der Waals surface area contributed by atoms with E-state index in [2.05, 4.69) is 32.7 Å². The number of nitriles is 1. The highest BCUT2D eigenvalue weighted by molar-refractivity contribution is 7.10. The number of rotatable bonds is 2. The molecule has 0 spiro atoms. The Bertz CT molecular complexity index is 725. The number of nitrogens with two attached hydrogens (primary N) is 1. The van der Waals surface area contributed by atoms with Crippen LogP contribution in [0.15, 0.2) is 17.1 Å². The summed E-state index contributed by atoms with van der Waals surface area (Å²) < 4.78 is 12.4. The Morgan fingerprint density at radius 1 is 1.52 bits per heavy atom. The lowest BCUT2D eigenvalue weighted by atomic mass is 9.68. The lowest BCUT2D eigenvalue weighted by Gasteiger charge is -2.49. The maximum absolute atomic E-state index is 11.2. The zero-order valence-corrected chi connectivity index (χ0v) is 14.6. The van der Waals surface area contributed by atoms with Crippen molar-refractivity contribution in [2.45, 2.75) is 39.7 Å². The second-order valence-electron chi connectivity index (χ2n) is 6.35. The van der Waals surface area contributed by atoms with Gasteiger partial charge in [0.2, 0.25) is 0 Å².